The van der Waals surface area contributed by atoms with E-state index in [1.165, 1.54) is 0 Å². The Bertz CT molecular complexity index is 439. The molecular weight excluding hydrogens is 174 g/mol. The fourth-order valence-corrected chi connectivity index (χ4v) is 1.51. The van der Waals surface area contributed by atoms with Gasteiger partial charge in [-0.25, -0.2) is 0 Å². The average Bonchev–Trinajstić information content (AvgIpc) is 2.27. The van der Waals surface area contributed by atoms with Crippen molar-refractivity contribution in [2.45, 2.75) is 12.8 Å². The first kappa shape index (κ1) is 9.16. The Labute approximate surface area is 83.2 Å². The molecule has 0 bridgehead atoms. The normalized spacial score (nSPS) is 13.0. The number of rotatable bonds is 2. The molecule has 0 aliphatic rings. The fraction of sp³-hybridized carbons (Fsp3) is 0.250. The maximum atomic E-state index is 9.04. The Morgan fingerprint density at radius 1 is 1.36 bits per heavy atom. The minimum atomic E-state index is 0.186. The smallest absolute Gasteiger partial charge is 0.0702 e. The largest absolute Gasteiger partial charge is 0.396 e. The summed E-state index contributed by atoms with van der Waals surface area (Å²) in [6.45, 7) is 2.20. The number of hydrogen-bond acceptors (Lipinski definition) is 2. The Hall–Kier alpha value is -1.41. The van der Waals surface area contributed by atoms with E-state index in [9.17, 15) is 0 Å². The summed E-state index contributed by atoms with van der Waals surface area (Å²) in [5, 5.41) is 10.2. The predicted octanol–water partition coefficient (Wildman–Crippen LogP) is 2.33. The molecule has 1 N–H and O–H groups in total. The van der Waals surface area contributed by atoms with Crippen LogP contribution >= 0.6 is 0 Å². The first-order valence-corrected chi connectivity index (χ1v) is 4.77. The summed E-state index contributed by atoms with van der Waals surface area (Å²) in [5.74, 6) is 0.194. The summed E-state index contributed by atoms with van der Waals surface area (Å²) in [6, 6.07) is 10.1. The van der Waals surface area contributed by atoms with Gasteiger partial charge in [0, 0.05) is 24.1 Å². The fourth-order valence-electron chi connectivity index (χ4n) is 1.51. The third-order valence-corrected chi connectivity index (χ3v) is 2.47. The van der Waals surface area contributed by atoms with Gasteiger partial charge in [-0.3, -0.25) is 4.98 Å². The van der Waals surface area contributed by atoms with Crippen LogP contribution in [0.25, 0.3) is 10.9 Å². The van der Waals surface area contributed by atoms with Crippen LogP contribution in [-0.4, -0.2) is 16.7 Å². The topological polar surface area (TPSA) is 33.1 Å². The first-order valence-electron chi connectivity index (χ1n) is 4.77. The molecule has 0 aliphatic heterocycles. The Morgan fingerprint density at radius 3 is 3.00 bits per heavy atom. The monoisotopic (exact) mass is 187 g/mol. The van der Waals surface area contributed by atoms with Crippen molar-refractivity contribution in [1.29, 1.82) is 0 Å². The standard InChI is InChI=1S/C12H13NO/c1-9(8-14)10-4-5-12-11(7-10)3-2-6-13-12/h2-7,9,14H,8H2,1H3/t9-/m0/s1. The minimum Gasteiger partial charge on any atom is -0.396 e. The predicted molar refractivity (Wildman–Crippen MR) is 57.2 cm³/mol. The van der Waals surface area contributed by atoms with Gasteiger partial charge in [0.05, 0.1) is 5.52 Å². The third-order valence-electron chi connectivity index (χ3n) is 2.47. The number of hydrogen-bond donors (Lipinski definition) is 1. The molecule has 0 amide bonds. The van der Waals surface area contributed by atoms with Crippen LogP contribution in [0.5, 0.6) is 0 Å². The molecule has 0 radical (unpaired) electrons. The second-order valence-corrected chi connectivity index (χ2v) is 3.54. The lowest BCUT2D eigenvalue weighted by molar-refractivity contribution is 0.273. The molecule has 0 aliphatic carbocycles. The third kappa shape index (κ3) is 1.61. The van der Waals surface area contributed by atoms with Crippen molar-refractivity contribution in [3.05, 3.63) is 42.1 Å². The summed E-state index contributed by atoms with van der Waals surface area (Å²) in [7, 11) is 0. The van der Waals surface area contributed by atoms with Crippen molar-refractivity contribution in [2.24, 2.45) is 0 Å². The van der Waals surface area contributed by atoms with E-state index in [4.69, 9.17) is 5.11 Å². The van der Waals surface area contributed by atoms with Crippen LogP contribution in [0.2, 0.25) is 0 Å². The van der Waals surface area contributed by atoms with Crippen LogP contribution in [0, 0.1) is 0 Å². The Kier molecular flexibility index (Phi) is 2.46. The van der Waals surface area contributed by atoms with Gasteiger partial charge in [-0.1, -0.05) is 19.1 Å². The van der Waals surface area contributed by atoms with Crippen molar-refractivity contribution < 1.29 is 5.11 Å². The van der Waals surface area contributed by atoms with Gasteiger partial charge in [0.2, 0.25) is 0 Å². The van der Waals surface area contributed by atoms with Gasteiger partial charge in [0.1, 0.15) is 0 Å². The highest BCUT2D eigenvalue weighted by atomic mass is 16.3. The molecule has 2 nitrogen and oxygen atoms in total. The van der Waals surface area contributed by atoms with Crippen LogP contribution in [-0.2, 0) is 0 Å². The zero-order valence-electron chi connectivity index (χ0n) is 8.14. The van der Waals surface area contributed by atoms with Gasteiger partial charge < -0.3 is 5.11 Å². The molecule has 1 atom stereocenters. The van der Waals surface area contributed by atoms with Gasteiger partial charge in [-0.05, 0) is 23.8 Å². The van der Waals surface area contributed by atoms with E-state index in [0.717, 1.165) is 16.5 Å². The number of nitrogens with zero attached hydrogens (tertiary/aromatic N) is 1. The van der Waals surface area contributed by atoms with Crippen LogP contribution in [0.4, 0.5) is 0 Å². The van der Waals surface area contributed by atoms with Crippen molar-refractivity contribution in [1.82, 2.24) is 4.98 Å². The molecule has 14 heavy (non-hydrogen) atoms. The zero-order chi connectivity index (χ0) is 9.97. The number of aliphatic hydroxyl groups is 1. The lowest BCUT2D eigenvalue weighted by Gasteiger charge is -2.08. The van der Waals surface area contributed by atoms with E-state index < -0.39 is 0 Å². The number of aromatic nitrogens is 1. The van der Waals surface area contributed by atoms with E-state index in [0.29, 0.717) is 0 Å². The van der Waals surface area contributed by atoms with Gasteiger partial charge in [-0.15, -0.1) is 0 Å². The quantitative estimate of drug-likeness (QED) is 0.782. The van der Waals surface area contributed by atoms with E-state index in [2.05, 4.69) is 11.1 Å². The number of benzene rings is 1. The highest BCUT2D eigenvalue weighted by Crippen LogP contribution is 2.19. The van der Waals surface area contributed by atoms with Crippen molar-refractivity contribution in [2.75, 3.05) is 6.61 Å². The molecule has 0 saturated heterocycles. The van der Waals surface area contributed by atoms with Gasteiger partial charge in [0.15, 0.2) is 0 Å². The van der Waals surface area contributed by atoms with Gasteiger partial charge >= 0.3 is 0 Å². The molecule has 0 spiro atoms. The van der Waals surface area contributed by atoms with Crippen LogP contribution in [0.15, 0.2) is 36.5 Å². The van der Waals surface area contributed by atoms with Gasteiger partial charge in [-0.2, -0.15) is 0 Å². The Balaban J connectivity index is 2.51. The summed E-state index contributed by atoms with van der Waals surface area (Å²) < 4.78 is 0. The molecule has 1 aromatic heterocycles. The van der Waals surface area contributed by atoms with E-state index >= 15 is 0 Å². The van der Waals surface area contributed by atoms with Crippen LogP contribution in [0.1, 0.15) is 18.4 Å². The second kappa shape index (κ2) is 3.76. The number of aliphatic hydroxyl groups excluding tert-OH is 1. The maximum absolute atomic E-state index is 9.04. The van der Waals surface area contributed by atoms with E-state index in [1.807, 2.05) is 31.2 Å². The molecule has 72 valence electrons. The molecule has 0 unspecified atom stereocenters. The Morgan fingerprint density at radius 2 is 2.21 bits per heavy atom. The second-order valence-electron chi connectivity index (χ2n) is 3.54. The summed E-state index contributed by atoms with van der Waals surface area (Å²) in [4.78, 5) is 4.24. The lowest BCUT2D eigenvalue weighted by Crippen LogP contribution is -1.98. The minimum absolute atomic E-state index is 0.186. The molecule has 2 heteroatoms. The molecule has 0 fully saturated rings. The number of pyridine rings is 1. The van der Waals surface area contributed by atoms with Gasteiger partial charge in [0.25, 0.3) is 0 Å². The summed E-state index contributed by atoms with van der Waals surface area (Å²) in [5.41, 5.74) is 2.16. The molecular formula is C12H13NO. The molecule has 0 saturated carbocycles. The summed E-state index contributed by atoms with van der Waals surface area (Å²) in [6.07, 6.45) is 1.79. The average molecular weight is 187 g/mol. The zero-order valence-corrected chi connectivity index (χ0v) is 8.14. The molecule has 2 rings (SSSR count). The maximum Gasteiger partial charge on any atom is 0.0702 e. The van der Waals surface area contributed by atoms with Crippen molar-refractivity contribution in [3.8, 4) is 0 Å². The van der Waals surface area contributed by atoms with Crippen LogP contribution < -0.4 is 0 Å². The van der Waals surface area contributed by atoms with Crippen molar-refractivity contribution >= 4 is 10.9 Å². The van der Waals surface area contributed by atoms with E-state index in [-0.39, 0.29) is 12.5 Å². The highest BCUT2D eigenvalue weighted by molar-refractivity contribution is 5.79. The number of fused-ring (bicyclic) bond motifs is 1. The molecule has 2 aromatic rings. The summed E-state index contributed by atoms with van der Waals surface area (Å²) >= 11 is 0. The highest BCUT2D eigenvalue weighted by Gasteiger charge is 2.04. The first-order chi connectivity index (χ1) is 6.81. The van der Waals surface area contributed by atoms with Crippen LogP contribution in [0.3, 0.4) is 0 Å². The van der Waals surface area contributed by atoms with E-state index in [1.54, 1.807) is 6.20 Å². The SMILES string of the molecule is C[C@@H](CO)c1ccc2ncccc2c1. The lowest BCUT2D eigenvalue weighted by atomic mass is 10.0. The molecule has 1 heterocycles. The van der Waals surface area contributed by atoms with Crippen molar-refractivity contribution in [3.63, 3.8) is 0 Å². The molecule has 1 aromatic carbocycles.